The average Bonchev–Trinajstić information content (AvgIpc) is 2.41. The van der Waals surface area contributed by atoms with Gasteiger partial charge in [-0.15, -0.1) is 0 Å². The van der Waals surface area contributed by atoms with E-state index >= 15 is 0 Å². The van der Waals surface area contributed by atoms with Gasteiger partial charge in [0.1, 0.15) is 5.75 Å². The summed E-state index contributed by atoms with van der Waals surface area (Å²) in [7, 11) is 2.01. The van der Waals surface area contributed by atoms with Crippen LogP contribution in [0.3, 0.4) is 0 Å². The van der Waals surface area contributed by atoms with Crippen LogP contribution in [-0.4, -0.2) is 33.7 Å². The summed E-state index contributed by atoms with van der Waals surface area (Å²) in [4.78, 5) is 13.4. The Labute approximate surface area is 120 Å². The van der Waals surface area contributed by atoms with Crippen LogP contribution in [0.25, 0.3) is 0 Å². The molecule has 1 aromatic rings. The van der Waals surface area contributed by atoms with Crippen LogP contribution in [-0.2, 0) is 11.3 Å². The Hall–Kier alpha value is -1.55. The summed E-state index contributed by atoms with van der Waals surface area (Å²) >= 11 is 0. The number of nitrogens with zero attached hydrogens (tertiary/aromatic N) is 1. The number of rotatable bonds is 5. The van der Waals surface area contributed by atoms with Crippen molar-refractivity contribution in [1.82, 2.24) is 4.90 Å². The van der Waals surface area contributed by atoms with Crippen molar-refractivity contribution in [2.24, 2.45) is 0 Å². The van der Waals surface area contributed by atoms with Gasteiger partial charge in [-0.25, -0.2) is 0 Å². The first kappa shape index (κ1) is 14.9. The molecule has 0 radical (unpaired) electrons. The smallest absolute Gasteiger partial charge is 0.305 e. The van der Waals surface area contributed by atoms with Gasteiger partial charge in [-0.1, -0.05) is 31.4 Å². The number of carboxylic acid groups (broad SMARTS) is 1. The van der Waals surface area contributed by atoms with Crippen molar-refractivity contribution < 1.29 is 15.0 Å². The van der Waals surface area contributed by atoms with Gasteiger partial charge in [0, 0.05) is 12.1 Å². The van der Waals surface area contributed by atoms with E-state index in [1.165, 1.54) is 6.42 Å². The summed E-state index contributed by atoms with van der Waals surface area (Å²) in [5, 5.41) is 18.5. The zero-order valence-corrected chi connectivity index (χ0v) is 12.0. The molecule has 1 fully saturated rings. The van der Waals surface area contributed by atoms with Crippen molar-refractivity contribution in [3.05, 3.63) is 29.8 Å². The summed E-state index contributed by atoms with van der Waals surface area (Å²) in [6.07, 6.45) is 5.53. The van der Waals surface area contributed by atoms with E-state index in [1.807, 2.05) is 19.2 Å². The molecular formula is C16H23NO3. The van der Waals surface area contributed by atoms with Crippen molar-refractivity contribution in [2.45, 2.75) is 50.6 Å². The van der Waals surface area contributed by atoms with Crippen LogP contribution in [0.5, 0.6) is 5.75 Å². The standard InChI is InChI=1S/C16H23NO3/c1-17(12-13-5-7-14(18)8-6-13)16(11-15(19)20)9-3-2-4-10-16/h5-8,18H,2-4,9-12H2,1H3,(H,19,20). The summed E-state index contributed by atoms with van der Waals surface area (Å²) < 4.78 is 0. The zero-order valence-electron chi connectivity index (χ0n) is 12.0. The monoisotopic (exact) mass is 277 g/mol. The number of phenols is 1. The highest BCUT2D eigenvalue weighted by atomic mass is 16.4. The molecule has 0 aliphatic heterocycles. The molecule has 0 spiro atoms. The van der Waals surface area contributed by atoms with Gasteiger partial charge >= 0.3 is 5.97 Å². The maximum atomic E-state index is 11.2. The Balaban J connectivity index is 2.11. The molecule has 0 amide bonds. The van der Waals surface area contributed by atoms with Crippen molar-refractivity contribution in [1.29, 1.82) is 0 Å². The molecule has 1 aliphatic carbocycles. The van der Waals surface area contributed by atoms with Gasteiger partial charge in [0.2, 0.25) is 0 Å². The molecule has 0 heterocycles. The third-order valence-corrected chi connectivity index (χ3v) is 4.43. The fourth-order valence-electron chi connectivity index (χ4n) is 3.23. The van der Waals surface area contributed by atoms with E-state index < -0.39 is 5.97 Å². The van der Waals surface area contributed by atoms with Crippen LogP contribution in [0.2, 0.25) is 0 Å². The number of phenolic OH excluding ortho intramolecular Hbond substituents is 1. The number of hydrogen-bond acceptors (Lipinski definition) is 3. The number of aliphatic carboxylic acids is 1. The van der Waals surface area contributed by atoms with E-state index in [4.69, 9.17) is 0 Å². The molecule has 1 aliphatic rings. The first-order chi connectivity index (χ1) is 9.52. The molecule has 20 heavy (non-hydrogen) atoms. The minimum absolute atomic E-state index is 0.210. The predicted molar refractivity (Wildman–Crippen MR) is 77.6 cm³/mol. The maximum absolute atomic E-state index is 11.2. The van der Waals surface area contributed by atoms with Gasteiger partial charge < -0.3 is 10.2 Å². The topological polar surface area (TPSA) is 60.8 Å². The average molecular weight is 277 g/mol. The van der Waals surface area contributed by atoms with Gasteiger partial charge in [-0.05, 0) is 37.6 Å². The molecule has 0 saturated heterocycles. The minimum Gasteiger partial charge on any atom is -0.508 e. The Morgan fingerprint density at radius 2 is 1.80 bits per heavy atom. The van der Waals surface area contributed by atoms with Gasteiger partial charge in [0.05, 0.1) is 6.42 Å². The second-order valence-corrected chi connectivity index (χ2v) is 5.88. The second kappa shape index (κ2) is 6.27. The normalized spacial score (nSPS) is 18.1. The van der Waals surface area contributed by atoms with Crippen LogP contribution in [0.4, 0.5) is 0 Å². The quantitative estimate of drug-likeness (QED) is 0.868. The molecule has 0 bridgehead atoms. The lowest BCUT2D eigenvalue weighted by Crippen LogP contribution is -2.49. The molecule has 1 aromatic carbocycles. The van der Waals surface area contributed by atoms with E-state index in [1.54, 1.807) is 12.1 Å². The molecule has 4 nitrogen and oxygen atoms in total. The number of aromatic hydroxyl groups is 1. The molecule has 110 valence electrons. The maximum Gasteiger partial charge on any atom is 0.305 e. The molecule has 0 unspecified atom stereocenters. The number of carbonyl (C=O) groups is 1. The van der Waals surface area contributed by atoms with Crippen LogP contribution < -0.4 is 0 Å². The highest BCUT2D eigenvalue weighted by molar-refractivity contribution is 5.68. The Morgan fingerprint density at radius 1 is 1.20 bits per heavy atom. The SMILES string of the molecule is CN(Cc1ccc(O)cc1)C1(CC(=O)O)CCCCC1. The van der Waals surface area contributed by atoms with Crippen LogP contribution in [0, 0.1) is 0 Å². The number of carboxylic acids is 1. The Morgan fingerprint density at radius 3 is 2.35 bits per heavy atom. The largest absolute Gasteiger partial charge is 0.508 e. The first-order valence-electron chi connectivity index (χ1n) is 7.23. The van der Waals surface area contributed by atoms with Crippen LogP contribution in [0.1, 0.15) is 44.1 Å². The number of benzene rings is 1. The summed E-state index contributed by atoms with van der Waals surface area (Å²) in [6, 6.07) is 7.13. The fraction of sp³-hybridized carbons (Fsp3) is 0.562. The third-order valence-electron chi connectivity index (χ3n) is 4.43. The van der Waals surface area contributed by atoms with Gasteiger partial charge in [-0.2, -0.15) is 0 Å². The Bertz CT molecular complexity index is 449. The van der Waals surface area contributed by atoms with E-state index in [0.717, 1.165) is 31.2 Å². The highest BCUT2D eigenvalue weighted by Crippen LogP contribution is 2.36. The van der Waals surface area contributed by atoms with Crippen LogP contribution >= 0.6 is 0 Å². The van der Waals surface area contributed by atoms with Gasteiger partial charge in [0.25, 0.3) is 0 Å². The fourth-order valence-corrected chi connectivity index (χ4v) is 3.23. The van der Waals surface area contributed by atoms with Crippen molar-refractivity contribution in [2.75, 3.05) is 7.05 Å². The van der Waals surface area contributed by atoms with Gasteiger partial charge in [0.15, 0.2) is 0 Å². The molecular weight excluding hydrogens is 254 g/mol. The molecule has 0 atom stereocenters. The molecule has 0 aromatic heterocycles. The molecule has 2 rings (SSSR count). The summed E-state index contributed by atoms with van der Waals surface area (Å²) in [6.45, 7) is 0.716. The predicted octanol–water partition coefficient (Wildman–Crippen LogP) is 3.00. The lowest BCUT2D eigenvalue weighted by molar-refractivity contribution is -0.141. The zero-order chi connectivity index (χ0) is 14.6. The van der Waals surface area contributed by atoms with E-state index in [9.17, 15) is 15.0 Å². The molecule has 1 saturated carbocycles. The lowest BCUT2D eigenvalue weighted by Gasteiger charge is -2.44. The molecule has 4 heteroatoms. The van der Waals surface area contributed by atoms with E-state index in [-0.39, 0.29) is 17.7 Å². The summed E-state index contributed by atoms with van der Waals surface area (Å²) in [5.74, 6) is -0.459. The number of hydrogen-bond donors (Lipinski definition) is 2. The van der Waals surface area contributed by atoms with Crippen LogP contribution in [0.15, 0.2) is 24.3 Å². The Kier molecular flexibility index (Phi) is 4.65. The minimum atomic E-state index is -0.718. The van der Waals surface area contributed by atoms with E-state index in [0.29, 0.717) is 6.54 Å². The highest BCUT2D eigenvalue weighted by Gasteiger charge is 2.37. The van der Waals surface area contributed by atoms with E-state index in [2.05, 4.69) is 4.90 Å². The van der Waals surface area contributed by atoms with Gasteiger partial charge in [-0.3, -0.25) is 9.69 Å². The van der Waals surface area contributed by atoms with Crippen molar-refractivity contribution >= 4 is 5.97 Å². The third kappa shape index (κ3) is 3.51. The molecule has 2 N–H and O–H groups in total. The second-order valence-electron chi connectivity index (χ2n) is 5.88. The van der Waals surface area contributed by atoms with Crippen molar-refractivity contribution in [3.8, 4) is 5.75 Å². The summed E-state index contributed by atoms with van der Waals surface area (Å²) in [5.41, 5.74) is 0.878. The van der Waals surface area contributed by atoms with Crippen molar-refractivity contribution in [3.63, 3.8) is 0 Å². The lowest BCUT2D eigenvalue weighted by atomic mass is 9.78. The first-order valence-corrected chi connectivity index (χ1v) is 7.23.